The summed E-state index contributed by atoms with van der Waals surface area (Å²) < 4.78 is 10.9. The lowest BCUT2D eigenvalue weighted by Gasteiger charge is -2.27. The Kier molecular flexibility index (Phi) is 3.89. The fraction of sp³-hybridized carbons (Fsp3) is 0.533. The number of hydrogen-bond acceptors (Lipinski definition) is 4. The average molecular weight is 276 g/mol. The number of amides is 1. The van der Waals surface area contributed by atoms with Crippen LogP contribution in [0.15, 0.2) is 18.2 Å². The van der Waals surface area contributed by atoms with Crippen LogP contribution in [0.5, 0.6) is 5.75 Å². The van der Waals surface area contributed by atoms with Crippen molar-refractivity contribution in [2.24, 2.45) is 0 Å². The zero-order valence-electron chi connectivity index (χ0n) is 11.6. The first-order valence-electron chi connectivity index (χ1n) is 7.13. The molecule has 1 aromatic carbocycles. The average Bonchev–Trinajstić information content (AvgIpc) is 2.47. The van der Waals surface area contributed by atoms with E-state index in [9.17, 15) is 4.79 Å². The van der Waals surface area contributed by atoms with Gasteiger partial charge in [0.2, 0.25) is 0 Å². The predicted octanol–water partition coefficient (Wildman–Crippen LogP) is 1.85. The van der Waals surface area contributed by atoms with E-state index in [1.165, 1.54) is 0 Å². The van der Waals surface area contributed by atoms with Crippen molar-refractivity contribution in [2.75, 3.05) is 25.1 Å². The third-order valence-electron chi connectivity index (χ3n) is 3.78. The summed E-state index contributed by atoms with van der Waals surface area (Å²) in [6.07, 6.45) is 2.26. The van der Waals surface area contributed by atoms with Crippen LogP contribution in [0.2, 0.25) is 0 Å². The number of nitrogens with one attached hydrogen (secondary N) is 2. The molecular weight excluding hydrogens is 256 g/mol. The van der Waals surface area contributed by atoms with E-state index in [-0.39, 0.29) is 18.6 Å². The van der Waals surface area contributed by atoms with Crippen molar-refractivity contribution in [3.63, 3.8) is 0 Å². The summed E-state index contributed by atoms with van der Waals surface area (Å²) in [6.45, 7) is 3.87. The summed E-state index contributed by atoms with van der Waals surface area (Å²) in [6, 6.07) is 6.55. The number of anilines is 1. The molecular formula is C15H20N2O3. The molecule has 1 saturated heterocycles. The molecule has 3 rings (SSSR count). The summed E-state index contributed by atoms with van der Waals surface area (Å²) in [5, 5.41) is 6.42. The highest BCUT2D eigenvalue weighted by atomic mass is 16.5. The van der Waals surface area contributed by atoms with Gasteiger partial charge in [-0.05, 0) is 37.5 Å². The molecule has 0 aromatic heterocycles. The molecule has 1 fully saturated rings. The summed E-state index contributed by atoms with van der Waals surface area (Å²) >= 11 is 0. The Morgan fingerprint density at radius 2 is 2.35 bits per heavy atom. The van der Waals surface area contributed by atoms with E-state index in [0.717, 1.165) is 43.1 Å². The van der Waals surface area contributed by atoms with Crippen LogP contribution in [0.1, 0.15) is 31.4 Å². The highest BCUT2D eigenvalue weighted by Crippen LogP contribution is 2.30. The van der Waals surface area contributed by atoms with Gasteiger partial charge in [0.05, 0.1) is 12.3 Å². The van der Waals surface area contributed by atoms with Gasteiger partial charge in [-0.3, -0.25) is 4.79 Å². The second-order valence-corrected chi connectivity index (χ2v) is 5.39. The number of rotatable bonds is 3. The largest absolute Gasteiger partial charge is 0.482 e. The minimum atomic E-state index is -0.101. The number of ether oxygens (including phenoxy) is 2. The summed E-state index contributed by atoms with van der Waals surface area (Å²) in [5.74, 6) is 0.637. The molecule has 0 bridgehead atoms. The maximum atomic E-state index is 11.4. The SMILES string of the molecule is CC(NC1CCCOC1)c1ccc2c(c1)NC(=O)CO2. The Hall–Kier alpha value is -1.59. The first kappa shape index (κ1) is 13.4. The fourth-order valence-electron chi connectivity index (χ4n) is 2.69. The third-order valence-corrected chi connectivity index (χ3v) is 3.78. The zero-order chi connectivity index (χ0) is 13.9. The Bertz CT molecular complexity index is 498. The Labute approximate surface area is 118 Å². The van der Waals surface area contributed by atoms with E-state index in [0.29, 0.717) is 6.04 Å². The van der Waals surface area contributed by atoms with Gasteiger partial charge in [0.1, 0.15) is 5.75 Å². The number of carbonyl (C=O) groups is 1. The van der Waals surface area contributed by atoms with Gasteiger partial charge in [0, 0.05) is 18.7 Å². The first-order valence-corrected chi connectivity index (χ1v) is 7.13. The first-order chi connectivity index (χ1) is 9.72. The monoisotopic (exact) mass is 276 g/mol. The normalized spacial score (nSPS) is 23.4. The lowest BCUT2D eigenvalue weighted by Crippen LogP contribution is -2.38. The smallest absolute Gasteiger partial charge is 0.262 e. The summed E-state index contributed by atoms with van der Waals surface area (Å²) in [4.78, 5) is 11.4. The molecule has 2 N–H and O–H groups in total. The predicted molar refractivity (Wildman–Crippen MR) is 76.0 cm³/mol. The van der Waals surface area contributed by atoms with Gasteiger partial charge in [0.25, 0.3) is 5.91 Å². The molecule has 0 spiro atoms. The van der Waals surface area contributed by atoms with Crippen molar-refractivity contribution < 1.29 is 14.3 Å². The van der Waals surface area contributed by atoms with E-state index in [1.54, 1.807) is 0 Å². The molecule has 2 unspecified atom stereocenters. The van der Waals surface area contributed by atoms with Crippen LogP contribution in [0.3, 0.4) is 0 Å². The van der Waals surface area contributed by atoms with Crippen molar-refractivity contribution in [2.45, 2.75) is 31.8 Å². The molecule has 2 aliphatic rings. The van der Waals surface area contributed by atoms with Gasteiger partial charge in [0.15, 0.2) is 6.61 Å². The van der Waals surface area contributed by atoms with E-state index in [1.807, 2.05) is 18.2 Å². The van der Waals surface area contributed by atoms with Crippen molar-refractivity contribution >= 4 is 11.6 Å². The van der Waals surface area contributed by atoms with Crippen LogP contribution in [0.25, 0.3) is 0 Å². The highest BCUT2D eigenvalue weighted by molar-refractivity contribution is 5.95. The molecule has 2 atom stereocenters. The van der Waals surface area contributed by atoms with Gasteiger partial charge in [-0.1, -0.05) is 6.07 Å². The van der Waals surface area contributed by atoms with E-state index < -0.39 is 0 Å². The van der Waals surface area contributed by atoms with Crippen LogP contribution in [0, 0.1) is 0 Å². The molecule has 5 heteroatoms. The Morgan fingerprint density at radius 3 is 3.15 bits per heavy atom. The van der Waals surface area contributed by atoms with Crippen molar-refractivity contribution in [1.29, 1.82) is 0 Å². The van der Waals surface area contributed by atoms with Crippen molar-refractivity contribution in [3.05, 3.63) is 23.8 Å². The quantitative estimate of drug-likeness (QED) is 0.884. The molecule has 5 nitrogen and oxygen atoms in total. The lowest BCUT2D eigenvalue weighted by molar-refractivity contribution is -0.118. The lowest BCUT2D eigenvalue weighted by atomic mass is 10.0. The van der Waals surface area contributed by atoms with Gasteiger partial charge in [-0.25, -0.2) is 0 Å². The Balaban J connectivity index is 1.69. The summed E-state index contributed by atoms with van der Waals surface area (Å²) in [5.41, 5.74) is 1.90. The Morgan fingerprint density at radius 1 is 1.45 bits per heavy atom. The van der Waals surface area contributed by atoms with Gasteiger partial charge in [-0.15, -0.1) is 0 Å². The van der Waals surface area contributed by atoms with E-state index in [2.05, 4.69) is 17.6 Å². The van der Waals surface area contributed by atoms with Crippen LogP contribution in [-0.4, -0.2) is 31.8 Å². The molecule has 0 saturated carbocycles. The van der Waals surface area contributed by atoms with E-state index >= 15 is 0 Å². The molecule has 20 heavy (non-hydrogen) atoms. The van der Waals surface area contributed by atoms with Crippen LogP contribution < -0.4 is 15.4 Å². The number of benzene rings is 1. The highest BCUT2D eigenvalue weighted by Gasteiger charge is 2.20. The topological polar surface area (TPSA) is 59.6 Å². The minimum Gasteiger partial charge on any atom is -0.482 e. The standard InChI is InChI=1S/C15H20N2O3/c1-10(16-12-3-2-6-19-8-12)11-4-5-14-13(7-11)17-15(18)9-20-14/h4-5,7,10,12,16H,2-3,6,8-9H2,1H3,(H,17,18). The van der Waals surface area contributed by atoms with Crippen molar-refractivity contribution in [3.8, 4) is 5.75 Å². The molecule has 2 heterocycles. The second kappa shape index (κ2) is 5.81. The van der Waals surface area contributed by atoms with Crippen molar-refractivity contribution in [1.82, 2.24) is 5.32 Å². The maximum absolute atomic E-state index is 11.4. The number of carbonyl (C=O) groups excluding carboxylic acids is 1. The number of fused-ring (bicyclic) bond motifs is 1. The van der Waals surface area contributed by atoms with E-state index in [4.69, 9.17) is 9.47 Å². The fourth-order valence-corrected chi connectivity index (χ4v) is 2.69. The van der Waals surface area contributed by atoms with Crippen LogP contribution in [0.4, 0.5) is 5.69 Å². The summed E-state index contributed by atoms with van der Waals surface area (Å²) in [7, 11) is 0. The maximum Gasteiger partial charge on any atom is 0.262 e. The third kappa shape index (κ3) is 2.94. The second-order valence-electron chi connectivity index (χ2n) is 5.39. The molecule has 0 radical (unpaired) electrons. The number of hydrogen-bond donors (Lipinski definition) is 2. The van der Waals surface area contributed by atoms with Gasteiger partial charge in [-0.2, -0.15) is 0 Å². The molecule has 1 aromatic rings. The van der Waals surface area contributed by atoms with Gasteiger partial charge < -0.3 is 20.1 Å². The minimum absolute atomic E-state index is 0.0968. The van der Waals surface area contributed by atoms with Crippen LogP contribution in [-0.2, 0) is 9.53 Å². The van der Waals surface area contributed by atoms with Crippen LogP contribution >= 0.6 is 0 Å². The van der Waals surface area contributed by atoms with Gasteiger partial charge >= 0.3 is 0 Å². The zero-order valence-corrected chi connectivity index (χ0v) is 11.6. The molecule has 1 amide bonds. The molecule has 2 aliphatic heterocycles. The molecule has 108 valence electrons. The molecule has 0 aliphatic carbocycles.